The molecule has 2 fully saturated rings. The van der Waals surface area contributed by atoms with Crippen molar-refractivity contribution in [2.75, 3.05) is 11.9 Å². The van der Waals surface area contributed by atoms with Crippen molar-refractivity contribution >= 4 is 29.6 Å². The van der Waals surface area contributed by atoms with E-state index in [0.717, 1.165) is 12.1 Å². The summed E-state index contributed by atoms with van der Waals surface area (Å²) in [5, 5.41) is 17.8. The van der Waals surface area contributed by atoms with Crippen LogP contribution in [0.15, 0.2) is 36.4 Å². The van der Waals surface area contributed by atoms with Crippen molar-refractivity contribution in [3.63, 3.8) is 0 Å². The smallest absolute Gasteiger partial charge is 0.229 e. The molecule has 4 rings (SSSR count). The van der Waals surface area contributed by atoms with Gasteiger partial charge in [0.15, 0.2) is 11.6 Å². The predicted molar refractivity (Wildman–Crippen MR) is 141 cm³/mol. The summed E-state index contributed by atoms with van der Waals surface area (Å²) in [5.41, 5.74) is -0.0758. The molecular weight excluding hydrogens is 519 g/mol. The van der Waals surface area contributed by atoms with Gasteiger partial charge in [0.2, 0.25) is 12.3 Å². The molecule has 6 nitrogen and oxygen atoms in total. The van der Waals surface area contributed by atoms with Gasteiger partial charge in [-0.05, 0) is 55.4 Å². The van der Waals surface area contributed by atoms with Crippen molar-refractivity contribution in [1.29, 1.82) is 0 Å². The number of anilines is 1. The summed E-state index contributed by atoms with van der Waals surface area (Å²) in [6.45, 7) is 8.37. The van der Waals surface area contributed by atoms with Gasteiger partial charge in [0, 0.05) is 36.3 Å². The molecule has 0 bridgehead atoms. The monoisotopic (exact) mass is 553 g/mol. The van der Waals surface area contributed by atoms with Crippen LogP contribution in [0.2, 0.25) is 5.02 Å². The van der Waals surface area contributed by atoms with Gasteiger partial charge in [-0.1, -0.05) is 44.5 Å². The lowest BCUT2D eigenvalue weighted by Crippen LogP contribution is -2.51. The highest BCUT2D eigenvalue weighted by Crippen LogP contribution is 2.39. The molecule has 10 heteroatoms. The Kier molecular flexibility index (Phi) is 9.49. The first-order chi connectivity index (χ1) is 17.7. The SMILES string of the molecule is CC(C)(C)CC1NCC(c2cccc(Cl)c2F)C1C(=O)Nc1ccc(F)c(F)c1.CC1(O)CC(NC=O)C1. The van der Waals surface area contributed by atoms with Gasteiger partial charge in [-0.3, -0.25) is 9.59 Å². The van der Waals surface area contributed by atoms with Crippen LogP contribution in [0.25, 0.3) is 0 Å². The molecule has 1 aliphatic heterocycles. The topological polar surface area (TPSA) is 90.5 Å². The molecule has 4 N–H and O–H groups in total. The number of halogens is 4. The Labute approximate surface area is 226 Å². The van der Waals surface area contributed by atoms with Gasteiger partial charge in [0.1, 0.15) is 5.82 Å². The molecule has 1 saturated carbocycles. The van der Waals surface area contributed by atoms with E-state index in [9.17, 15) is 22.8 Å². The van der Waals surface area contributed by atoms with Crippen LogP contribution in [-0.4, -0.2) is 41.7 Å². The van der Waals surface area contributed by atoms with E-state index in [1.54, 1.807) is 19.1 Å². The van der Waals surface area contributed by atoms with Crippen LogP contribution >= 0.6 is 11.6 Å². The lowest BCUT2D eigenvalue weighted by Gasteiger charge is -2.40. The third-order valence-electron chi connectivity index (χ3n) is 6.85. The number of nitrogens with one attached hydrogen (secondary N) is 3. The second kappa shape index (κ2) is 12.1. The quantitative estimate of drug-likeness (QED) is 0.372. The minimum atomic E-state index is -1.05. The zero-order valence-corrected chi connectivity index (χ0v) is 22.7. The van der Waals surface area contributed by atoms with Gasteiger partial charge in [-0.25, -0.2) is 13.2 Å². The lowest BCUT2D eigenvalue weighted by molar-refractivity contribution is -0.120. The molecular formula is C28H35ClF3N3O3. The molecule has 208 valence electrons. The molecule has 1 saturated heterocycles. The molecule has 0 aromatic heterocycles. The fraction of sp³-hybridized carbons (Fsp3) is 0.500. The largest absolute Gasteiger partial charge is 0.390 e. The second-order valence-electron chi connectivity index (χ2n) is 11.6. The maximum absolute atomic E-state index is 14.7. The number of carbonyl (C=O) groups excluding carboxylic acids is 2. The van der Waals surface area contributed by atoms with Gasteiger partial charge in [0.25, 0.3) is 0 Å². The van der Waals surface area contributed by atoms with Crippen LogP contribution < -0.4 is 16.0 Å². The summed E-state index contributed by atoms with van der Waals surface area (Å²) in [6.07, 6.45) is 2.74. The van der Waals surface area contributed by atoms with Crippen molar-refractivity contribution in [2.45, 2.75) is 70.6 Å². The Hall–Kier alpha value is -2.62. The average Bonchev–Trinajstić information content (AvgIpc) is 3.19. The van der Waals surface area contributed by atoms with Crippen molar-refractivity contribution in [1.82, 2.24) is 10.6 Å². The number of aliphatic hydroxyl groups is 1. The highest BCUT2D eigenvalue weighted by atomic mass is 35.5. The van der Waals surface area contributed by atoms with Crippen LogP contribution in [-0.2, 0) is 9.59 Å². The molecule has 2 amide bonds. The highest BCUT2D eigenvalue weighted by molar-refractivity contribution is 6.30. The first-order valence-electron chi connectivity index (χ1n) is 12.6. The standard InChI is InChI=1S/C22H24ClF3N2O.C6H11NO2/c1-22(2,3)10-18-19(21(29)28-12-7-8-16(24)17(25)9-12)14(11-27-18)13-5-4-6-15(23)20(13)26;1-6(9)2-5(3-6)7-4-8/h4-9,14,18-19,27H,10-11H2,1-3H3,(H,28,29);4-5,9H,2-3H2,1H3,(H,7,8). The predicted octanol–water partition coefficient (Wildman–Crippen LogP) is 5.15. The Morgan fingerprint density at radius 3 is 2.45 bits per heavy atom. The van der Waals surface area contributed by atoms with Crippen LogP contribution in [0.3, 0.4) is 0 Å². The summed E-state index contributed by atoms with van der Waals surface area (Å²) in [6, 6.07) is 7.94. The third-order valence-corrected chi connectivity index (χ3v) is 7.14. The normalized spacial score (nSPS) is 26.6. The van der Waals surface area contributed by atoms with E-state index in [0.29, 0.717) is 37.8 Å². The number of carbonyl (C=O) groups is 2. The molecule has 2 aromatic carbocycles. The average molecular weight is 554 g/mol. The molecule has 3 unspecified atom stereocenters. The maximum atomic E-state index is 14.7. The van der Waals surface area contributed by atoms with Crippen LogP contribution in [0, 0.1) is 28.8 Å². The first-order valence-corrected chi connectivity index (χ1v) is 12.9. The number of rotatable bonds is 6. The van der Waals surface area contributed by atoms with Crippen molar-refractivity contribution in [3.05, 3.63) is 64.4 Å². The van der Waals surface area contributed by atoms with Gasteiger partial charge < -0.3 is 21.1 Å². The molecule has 1 heterocycles. The zero-order chi connectivity index (χ0) is 28.3. The van der Waals surface area contributed by atoms with Crippen molar-refractivity contribution in [3.8, 4) is 0 Å². The first kappa shape index (κ1) is 29.9. The van der Waals surface area contributed by atoms with E-state index < -0.39 is 34.9 Å². The minimum absolute atomic E-state index is 0.00142. The maximum Gasteiger partial charge on any atom is 0.229 e. The van der Waals surface area contributed by atoms with E-state index >= 15 is 0 Å². The molecule has 1 aliphatic carbocycles. The molecule has 3 atom stereocenters. The molecule has 0 radical (unpaired) electrons. The molecule has 2 aromatic rings. The van der Waals surface area contributed by atoms with Crippen LogP contribution in [0.5, 0.6) is 0 Å². The zero-order valence-electron chi connectivity index (χ0n) is 22.0. The van der Waals surface area contributed by atoms with Crippen LogP contribution in [0.1, 0.15) is 58.4 Å². The number of hydrogen-bond acceptors (Lipinski definition) is 4. The Morgan fingerprint density at radius 2 is 1.87 bits per heavy atom. The number of amides is 2. The Bertz CT molecular complexity index is 1150. The fourth-order valence-corrected chi connectivity index (χ4v) is 5.34. The van der Waals surface area contributed by atoms with Gasteiger partial charge in [-0.15, -0.1) is 0 Å². The summed E-state index contributed by atoms with van der Waals surface area (Å²) in [4.78, 5) is 23.0. The summed E-state index contributed by atoms with van der Waals surface area (Å²) >= 11 is 5.95. The highest BCUT2D eigenvalue weighted by Gasteiger charge is 2.44. The van der Waals surface area contributed by atoms with E-state index in [-0.39, 0.29) is 34.1 Å². The summed E-state index contributed by atoms with van der Waals surface area (Å²) in [7, 11) is 0. The summed E-state index contributed by atoms with van der Waals surface area (Å²) < 4.78 is 41.4. The van der Waals surface area contributed by atoms with E-state index in [2.05, 4.69) is 36.7 Å². The lowest BCUT2D eigenvalue weighted by atomic mass is 9.77. The van der Waals surface area contributed by atoms with E-state index in [4.69, 9.17) is 16.7 Å². The van der Waals surface area contributed by atoms with Gasteiger partial charge in [0.05, 0.1) is 16.5 Å². The van der Waals surface area contributed by atoms with E-state index in [1.807, 2.05) is 0 Å². The van der Waals surface area contributed by atoms with Crippen molar-refractivity contribution in [2.24, 2.45) is 11.3 Å². The van der Waals surface area contributed by atoms with Gasteiger partial charge in [-0.2, -0.15) is 0 Å². The minimum Gasteiger partial charge on any atom is -0.390 e. The van der Waals surface area contributed by atoms with Crippen molar-refractivity contribution < 1.29 is 27.9 Å². The second-order valence-corrected chi connectivity index (χ2v) is 12.0. The number of benzene rings is 2. The Morgan fingerprint density at radius 1 is 1.18 bits per heavy atom. The summed E-state index contributed by atoms with van der Waals surface area (Å²) in [5.74, 6) is -3.99. The molecule has 38 heavy (non-hydrogen) atoms. The van der Waals surface area contributed by atoms with Gasteiger partial charge >= 0.3 is 0 Å². The fourth-order valence-electron chi connectivity index (χ4n) is 5.16. The Balaban J connectivity index is 0.000000375. The van der Waals surface area contributed by atoms with E-state index in [1.165, 1.54) is 12.1 Å². The molecule has 2 aliphatic rings. The molecule has 0 spiro atoms. The van der Waals surface area contributed by atoms with Crippen LogP contribution in [0.4, 0.5) is 18.9 Å². The third kappa shape index (κ3) is 7.71. The number of hydrogen-bond donors (Lipinski definition) is 4.